The van der Waals surface area contributed by atoms with Crippen molar-refractivity contribution in [2.45, 2.75) is 89.7 Å². The Hall–Kier alpha value is -0.210. The highest BCUT2D eigenvalue weighted by Crippen LogP contribution is 2.25. The maximum atomic E-state index is 11.2. The number of rotatable bonds is 14. The molecule has 0 aromatic rings. The lowest BCUT2D eigenvalue weighted by Crippen LogP contribution is -2.40. The average molecular weight is 393 g/mol. The van der Waals surface area contributed by atoms with E-state index in [9.17, 15) is 8.42 Å². The molecular weight excluding hydrogens is 352 g/mol. The van der Waals surface area contributed by atoms with Crippen LogP contribution in [-0.4, -0.2) is 68.1 Å². The fourth-order valence-corrected chi connectivity index (χ4v) is 4.18. The van der Waals surface area contributed by atoms with Crippen LogP contribution in [0.3, 0.4) is 0 Å². The van der Waals surface area contributed by atoms with Crippen LogP contribution in [0, 0.1) is 0 Å². The van der Waals surface area contributed by atoms with Crippen LogP contribution in [0.15, 0.2) is 0 Å². The zero-order chi connectivity index (χ0) is 19.4. The maximum Gasteiger partial charge on any atom is 0.335 e. The van der Waals surface area contributed by atoms with Crippen molar-refractivity contribution in [3.63, 3.8) is 0 Å². The fraction of sp³-hybridized carbons (Fsp3) is 1.00. The topological polar surface area (TPSA) is 70.1 Å². The molecule has 0 amide bonds. The minimum atomic E-state index is -4.07. The van der Waals surface area contributed by atoms with Gasteiger partial charge >= 0.3 is 10.3 Å². The Labute approximate surface area is 161 Å². The first-order valence-corrected chi connectivity index (χ1v) is 11.7. The second-order valence-corrected chi connectivity index (χ2v) is 9.19. The molecule has 0 atom stereocenters. The summed E-state index contributed by atoms with van der Waals surface area (Å²) < 4.78 is 38.5. The van der Waals surface area contributed by atoms with Gasteiger partial charge in [0.1, 0.15) is 0 Å². The van der Waals surface area contributed by atoms with E-state index < -0.39 is 10.3 Å². The lowest BCUT2D eigenvalue weighted by atomic mass is 9.93. The zero-order valence-corrected chi connectivity index (χ0v) is 17.8. The molecule has 0 spiro atoms. The zero-order valence-electron chi connectivity index (χ0n) is 17.0. The van der Waals surface area contributed by atoms with E-state index >= 15 is 0 Å². The third-order valence-electron chi connectivity index (χ3n) is 5.45. The number of ether oxygens (including phenoxy) is 1. The van der Waals surface area contributed by atoms with Crippen molar-refractivity contribution in [3.05, 3.63) is 0 Å². The molecule has 1 aliphatic rings. The highest BCUT2D eigenvalue weighted by atomic mass is 32.2. The molecule has 0 radical (unpaired) electrons. The lowest BCUT2D eigenvalue weighted by Gasteiger charge is -2.32. The predicted octanol–water partition coefficient (Wildman–Crippen LogP) is 3.73. The van der Waals surface area contributed by atoms with Crippen molar-refractivity contribution >= 4 is 10.3 Å². The Bertz CT molecular complexity index is 450. The van der Waals surface area contributed by atoms with Crippen molar-refractivity contribution in [1.29, 1.82) is 0 Å². The van der Waals surface area contributed by atoms with E-state index in [-0.39, 0.29) is 12.1 Å². The first-order chi connectivity index (χ1) is 12.3. The minimum absolute atomic E-state index is 0.0980. The van der Waals surface area contributed by atoms with Gasteiger partial charge in [0.25, 0.3) is 0 Å². The molecule has 0 heterocycles. The molecule has 1 aliphatic carbocycles. The average Bonchev–Trinajstić information content (AvgIpc) is 2.60. The van der Waals surface area contributed by atoms with Crippen LogP contribution in [0.1, 0.15) is 77.6 Å². The Morgan fingerprint density at radius 3 is 2.08 bits per heavy atom. The Balaban J connectivity index is 1.98. The van der Waals surface area contributed by atoms with Gasteiger partial charge in [-0.05, 0) is 65.1 Å². The first-order valence-electron chi connectivity index (χ1n) is 10.3. The molecule has 7 heteroatoms. The van der Waals surface area contributed by atoms with Gasteiger partial charge in [-0.1, -0.05) is 32.6 Å². The molecule has 0 aliphatic heterocycles. The van der Waals surface area contributed by atoms with Crippen LogP contribution in [-0.2, 0) is 15.0 Å². The van der Waals surface area contributed by atoms with E-state index in [0.717, 1.165) is 43.0 Å². The third kappa shape index (κ3) is 10.2. The summed E-state index contributed by atoms with van der Waals surface area (Å²) in [4.78, 5) is 2.44. The second-order valence-electron chi connectivity index (χ2n) is 7.72. The van der Waals surface area contributed by atoms with E-state index in [1.165, 1.54) is 58.7 Å². The molecule has 0 aromatic heterocycles. The monoisotopic (exact) mass is 392 g/mol. The molecule has 1 fully saturated rings. The number of hydrogen-bond donors (Lipinski definition) is 1. The van der Waals surface area contributed by atoms with E-state index in [2.05, 4.69) is 18.9 Å². The van der Waals surface area contributed by atoms with Gasteiger partial charge in [0, 0.05) is 19.7 Å². The summed E-state index contributed by atoms with van der Waals surface area (Å²) >= 11 is 0. The van der Waals surface area contributed by atoms with E-state index in [1.54, 1.807) is 0 Å². The van der Waals surface area contributed by atoms with Gasteiger partial charge in [-0.15, -0.1) is 0 Å². The second kappa shape index (κ2) is 13.0. The third-order valence-corrected chi connectivity index (χ3v) is 6.48. The number of nitrogens with zero attached hydrogens (tertiary/aromatic N) is 2. The fourth-order valence-electron chi connectivity index (χ4n) is 3.59. The largest absolute Gasteiger partial charge is 0.378 e. The molecule has 0 aromatic carbocycles. The predicted molar refractivity (Wildman–Crippen MR) is 107 cm³/mol. The van der Waals surface area contributed by atoms with Crippen LogP contribution >= 0.6 is 0 Å². The van der Waals surface area contributed by atoms with Crippen molar-refractivity contribution in [1.82, 2.24) is 9.21 Å². The Kier molecular flexibility index (Phi) is 12.0. The van der Waals surface area contributed by atoms with Crippen LogP contribution in [0.5, 0.6) is 0 Å². The molecular formula is C19H40N2O4S. The summed E-state index contributed by atoms with van der Waals surface area (Å²) in [6.45, 7) is 5.45. The van der Waals surface area contributed by atoms with Gasteiger partial charge in [-0.3, -0.25) is 4.55 Å². The van der Waals surface area contributed by atoms with Crippen molar-refractivity contribution in [2.75, 3.05) is 33.8 Å². The lowest BCUT2D eigenvalue weighted by molar-refractivity contribution is 0.0151. The Morgan fingerprint density at radius 2 is 1.50 bits per heavy atom. The van der Waals surface area contributed by atoms with Crippen molar-refractivity contribution in [2.24, 2.45) is 0 Å². The molecule has 26 heavy (non-hydrogen) atoms. The standard InChI is InChI=1S/C19H40N2O4S/c1-4-5-8-15-20(2)16-9-6-7-10-17-25-19-13-11-18(12-14-19)21(3)26(22,23)24/h18-19H,4-17H2,1-3H3,(H,22,23,24)/t18-,19-. The smallest absolute Gasteiger partial charge is 0.335 e. The number of hydrogen-bond acceptors (Lipinski definition) is 4. The van der Waals surface area contributed by atoms with Crippen LogP contribution in [0.2, 0.25) is 0 Å². The van der Waals surface area contributed by atoms with Crippen LogP contribution < -0.4 is 0 Å². The van der Waals surface area contributed by atoms with Crippen molar-refractivity contribution in [3.8, 4) is 0 Å². The van der Waals surface area contributed by atoms with Gasteiger partial charge in [-0.2, -0.15) is 12.7 Å². The first kappa shape index (κ1) is 23.8. The molecule has 156 valence electrons. The van der Waals surface area contributed by atoms with E-state index in [0.29, 0.717) is 0 Å². The summed E-state index contributed by atoms with van der Waals surface area (Å²) in [5.74, 6) is 0. The molecule has 6 nitrogen and oxygen atoms in total. The quantitative estimate of drug-likeness (QED) is 0.360. The van der Waals surface area contributed by atoms with Gasteiger partial charge in [-0.25, -0.2) is 0 Å². The maximum absolute atomic E-state index is 11.2. The van der Waals surface area contributed by atoms with E-state index in [4.69, 9.17) is 9.29 Å². The molecule has 1 rings (SSSR count). The van der Waals surface area contributed by atoms with Gasteiger partial charge in [0.15, 0.2) is 0 Å². The van der Waals surface area contributed by atoms with Crippen LogP contribution in [0.25, 0.3) is 0 Å². The van der Waals surface area contributed by atoms with E-state index in [1.807, 2.05) is 0 Å². The molecule has 1 N–H and O–H groups in total. The Morgan fingerprint density at radius 1 is 0.923 bits per heavy atom. The summed E-state index contributed by atoms with van der Waals surface area (Å²) in [6, 6.07) is -0.0980. The molecule has 0 unspecified atom stereocenters. The van der Waals surface area contributed by atoms with Gasteiger partial charge < -0.3 is 9.64 Å². The van der Waals surface area contributed by atoms with Crippen molar-refractivity contribution < 1.29 is 17.7 Å². The summed E-state index contributed by atoms with van der Waals surface area (Å²) in [5.41, 5.74) is 0. The molecule has 0 saturated heterocycles. The van der Waals surface area contributed by atoms with Gasteiger partial charge in [0.2, 0.25) is 0 Å². The SMILES string of the molecule is CCCCCN(C)CCCCCCO[C@H]1CC[C@H](N(C)S(=O)(=O)O)CC1. The molecule has 1 saturated carbocycles. The highest BCUT2D eigenvalue weighted by molar-refractivity contribution is 7.83. The highest BCUT2D eigenvalue weighted by Gasteiger charge is 2.29. The summed E-state index contributed by atoms with van der Waals surface area (Å²) in [5, 5.41) is 0. The summed E-state index contributed by atoms with van der Waals surface area (Å²) in [6.07, 6.45) is 12.2. The normalized spacial score (nSPS) is 21.6. The molecule has 0 bridgehead atoms. The summed E-state index contributed by atoms with van der Waals surface area (Å²) in [7, 11) is -0.410. The minimum Gasteiger partial charge on any atom is -0.378 e. The van der Waals surface area contributed by atoms with Gasteiger partial charge in [0.05, 0.1) is 6.10 Å². The van der Waals surface area contributed by atoms with Crippen LogP contribution in [0.4, 0.5) is 0 Å². The number of unbranched alkanes of at least 4 members (excludes halogenated alkanes) is 5.